The molecule has 0 aromatic heterocycles. The molecule has 0 aliphatic rings. The molecule has 0 heterocycles. The zero-order valence-corrected chi connectivity index (χ0v) is 19.7. The molecule has 184 valence electrons. The first-order valence-corrected chi connectivity index (χ1v) is 11.7. The van der Waals surface area contributed by atoms with Gasteiger partial charge in [0.05, 0.1) is 39.6 Å². The normalized spacial score (nSPS) is 12.1. The Hall–Kier alpha value is -2.32. The maximum absolute atomic E-state index is 10.3. The van der Waals surface area contributed by atoms with Crippen molar-refractivity contribution in [1.29, 1.82) is 0 Å². The van der Waals surface area contributed by atoms with Crippen LogP contribution < -0.4 is 9.47 Å². The summed E-state index contributed by atoms with van der Waals surface area (Å²) in [5, 5.41) is 48.9. The highest BCUT2D eigenvalue weighted by atomic mass is 16.5. The second kappa shape index (κ2) is 14.1. The third-order valence-electron chi connectivity index (χ3n) is 6.10. The Balaban J connectivity index is 1.80. The van der Waals surface area contributed by atoms with Gasteiger partial charge in [-0.25, -0.2) is 0 Å². The Morgan fingerprint density at radius 1 is 0.697 bits per heavy atom. The molecule has 1 unspecified atom stereocenters. The van der Waals surface area contributed by atoms with Crippen molar-refractivity contribution in [3.8, 4) is 17.2 Å². The molecule has 0 bridgehead atoms. The van der Waals surface area contributed by atoms with Gasteiger partial charge >= 0.3 is 0 Å². The van der Waals surface area contributed by atoms with Gasteiger partial charge in [-0.05, 0) is 55.7 Å². The van der Waals surface area contributed by atoms with E-state index in [1.54, 1.807) is 0 Å². The molecule has 2 aromatic carbocycles. The molecule has 0 aliphatic heterocycles. The zero-order valence-electron chi connectivity index (χ0n) is 19.7. The van der Waals surface area contributed by atoms with Gasteiger partial charge in [-0.3, -0.25) is 0 Å². The molecule has 0 saturated carbocycles. The molecule has 0 saturated heterocycles. The van der Waals surface area contributed by atoms with Crippen LogP contribution in [0, 0.1) is 0 Å². The van der Waals surface area contributed by atoms with Gasteiger partial charge < -0.3 is 35.0 Å². The van der Waals surface area contributed by atoms with Crippen molar-refractivity contribution in [2.75, 3.05) is 13.2 Å². The predicted octanol–water partition coefficient (Wildman–Crippen LogP) is 3.89. The number of unbranched alkanes of at least 4 members (excludes halogenated alkanes) is 3. The average molecular weight is 463 g/mol. The van der Waals surface area contributed by atoms with Crippen LogP contribution in [-0.2, 0) is 26.4 Å². The Morgan fingerprint density at radius 3 is 1.64 bits per heavy atom. The minimum atomic E-state index is -0.517. The van der Waals surface area contributed by atoms with E-state index in [2.05, 4.69) is 26.0 Å². The van der Waals surface area contributed by atoms with E-state index < -0.39 is 26.4 Å². The zero-order chi connectivity index (χ0) is 24.2. The van der Waals surface area contributed by atoms with Gasteiger partial charge in [-0.2, -0.15) is 0 Å². The maximum atomic E-state index is 10.3. The van der Waals surface area contributed by atoms with Crippen LogP contribution in [0.15, 0.2) is 24.3 Å². The van der Waals surface area contributed by atoms with Crippen molar-refractivity contribution in [2.24, 2.45) is 0 Å². The number of hydrogen-bond acceptors (Lipinski definition) is 7. The first kappa shape index (κ1) is 26.9. The Labute approximate surface area is 196 Å². The third kappa shape index (κ3) is 7.08. The number of hydrogen-bond donors (Lipinski definition) is 5. The summed E-state index contributed by atoms with van der Waals surface area (Å²) in [6.45, 7) is 3.42. The van der Waals surface area contributed by atoms with Crippen LogP contribution in [-0.4, -0.2) is 38.7 Å². The van der Waals surface area contributed by atoms with Crippen LogP contribution in [0.5, 0.6) is 17.2 Å². The number of phenols is 1. The maximum Gasteiger partial charge on any atom is 0.131 e. The van der Waals surface area contributed by atoms with Gasteiger partial charge in [-0.15, -0.1) is 0 Å². The Bertz CT molecular complexity index is 816. The number of aliphatic hydroxyl groups excluding tert-OH is 4. The van der Waals surface area contributed by atoms with Crippen LogP contribution >= 0.6 is 0 Å². The molecule has 7 heteroatoms. The summed E-state index contributed by atoms with van der Waals surface area (Å²) in [4.78, 5) is 0. The molecule has 7 nitrogen and oxygen atoms in total. The van der Waals surface area contributed by atoms with Crippen molar-refractivity contribution in [3.05, 3.63) is 52.1 Å². The summed E-state index contributed by atoms with van der Waals surface area (Å²) in [7, 11) is 0. The van der Waals surface area contributed by atoms with Crippen LogP contribution in [0.25, 0.3) is 0 Å². The van der Waals surface area contributed by atoms with Crippen LogP contribution in [0.4, 0.5) is 0 Å². The number of ether oxygens (including phenoxy) is 2. The highest BCUT2D eigenvalue weighted by Gasteiger charge is 2.23. The monoisotopic (exact) mass is 462 g/mol. The van der Waals surface area contributed by atoms with E-state index in [1.165, 1.54) is 5.56 Å². The molecule has 2 aromatic rings. The first-order chi connectivity index (χ1) is 16.0. The summed E-state index contributed by atoms with van der Waals surface area (Å²) >= 11 is 0. The molecule has 1 atom stereocenters. The van der Waals surface area contributed by atoms with Crippen molar-refractivity contribution in [1.82, 2.24) is 0 Å². The molecule has 0 amide bonds. The molecule has 0 aliphatic carbocycles. The summed E-state index contributed by atoms with van der Waals surface area (Å²) in [6, 6.07) is 8.28. The van der Waals surface area contributed by atoms with Gasteiger partial charge in [0.1, 0.15) is 17.2 Å². The topological polar surface area (TPSA) is 120 Å². The average Bonchev–Trinajstić information content (AvgIpc) is 2.85. The Morgan fingerprint density at radius 2 is 1.18 bits per heavy atom. The van der Waals surface area contributed by atoms with E-state index in [9.17, 15) is 25.5 Å². The fraction of sp³-hybridized carbons (Fsp3) is 0.538. The lowest BCUT2D eigenvalue weighted by Gasteiger charge is -2.21. The minimum Gasteiger partial charge on any atom is -0.507 e. The lowest BCUT2D eigenvalue weighted by Crippen LogP contribution is -2.10. The van der Waals surface area contributed by atoms with Crippen LogP contribution in [0.1, 0.15) is 79.7 Å². The second-order valence-electron chi connectivity index (χ2n) is 8.21. The van der Waals surface area contributed by atoms with E-state index in [4.69, 9.17) is 9.47 Å². The lowest BCUT2D eigenvalue weighted by molar-refractivity contribution is 0.221. The number of rotatable bonds is 15. The highest BCUT2D eigenvalue weighted by molar-refractivity contribution is 5.58. The highest BCUT2D eigenvalue weighted by Crippen LogP contribution is 2.39. The molecular weight excluding hydrogens is 424 g/mol. The lowest BCUT2D eigenvalue weighted by atomic mass is 9.96. The SMILES string of the molecule is CCC(C)c1ccc(OCCCCCCOc2c(CO)c(CO)c(O)c(CO)c2CO)cc1. The van der Waals surface area contributed by atoms with E-state index in [-0.39, 0.29) is 33.8 Å². The fourth-order valence-electron chi connectivity index (χ4n) is 3.82. The van der Waals surface area contributed by atoms with Crippen LogP contribution in [0.2, 0.25) is 0 Å². The fourth-order valence-corrected chi connectivity index (χ4v) is 3.82. The number of aromatic hydroxyl groups is 1. The van der Waals surface area contributed by atoms with E-state index in [0.717, 1.165) is 37.9 Å². The molecule has 2 rings (SSSR count). The number of benzene rings is 2. The third-order valence-corrected chi connectivity index (χ3v) is 6.10. The second-order valence-corrected chi connectivity index (χ2v) is 8.21. The van der Waals surface area contributed by atoms with E-state index in [1.807, 2.05) is 12.1 Å². The van der Waals surface area contributed by atoms with Gasteiger partial charge in [-0.1, -0.05) is 26.0 Å². The largest absolute Gasteiger partial charge is 0.507 e. The quantitative estimate of drug-likeness (QED) is 0.255. The molecule has 0 radical (unpaired) electrons. The van der Waals surface area contributed by atoms with Crippen molar-refractivity contribution in [3.63, 3.8) is 0 Å². The van der Waals surface area contributed by atoms with Crippen molar-refractivity contribution in [2.45, 2.75) is 78.3 Å². The summed E-state index contributed by atoms with van der Waals surface area (Å²) < 4.78 is 11.6. The summed E-state index contributed by atoms with van der Waals surface area (Å²) in [5.41, 5.74) is 1.98. The smallest absolute Gasteiger partial charge is 0.131 e. The van der Waals surface area contributed by atoms with Crippen LogP contribution in [0.3, 0.4) is 0 Å². The predicted molar refractivity (Wildman–Crippen MR) is 126 cm³/mol. The van der Waals surface area contributed by atoms with Crippen molar-refractivity contribution >= 4 is 0 Å². The minimum absolute atomic E-state index is 0.100. The van der Waals surface area contributed by atoms with E-state index >= 15 is 0 Å². The van der Waals surface area contributed by atoms with Gasteiger partial charge in [0.2, 0.25) is 0 Å². The molecule has 33 heavy (non-hydrogen) atoms. The summed E-state index contributed by atoms with van der Waals surface area (Å²) in [6.07, 6.45) is 4.66. The molecule has 0 spiro atoms. The Kier molecular flexibility index (Phi) is 11.5. The standard InChI is InChI=1S/C26H38O7/c1-3-18(2)19-8-10-20(11-9-19)32-12-6-4-5-7-13-33-26-23(16-29)21(14-27)25(31)22(15-28)24(26)17-30/h8-11,18,27-31H,3-7,12-17H2,1-2H3. The van der Waals surface area contributed by atoms with Gasteiger partial charge in [0, 0.05) is 22.3 Å². The molecular formula is C26H38O7. The first-order valence-electron chi connectivity index (χ1n) is 11.7. The molecule has 5 N–H and O–H groups in total. The van der Waals surface area contributed by atoms with Crippen molar-refractivity contribution < 1.29 is 35.0 Å². The van der Waals surface area contributed by atoms with E-state index in [0.29, 0.717) is 19.1 Å². The molecule has 0 fully saturated rings. The van der Waals surface area contributed by atoms with Gasteiger partial charge in [0.15, 0.2) is 0 Å². The summed E-state index contributed by atoms with van der Waals surface area (Å²) in [5.74, 6) is 1.32. The van der Waals surface area contributed by atoms with Gasteiger partial charge in [0.25, 0.3) is 0 Å². The number of aliphatic hydroxyl groups is 4.